The molecule has 0 unspecified atom stereocenters. The van der Waals surface area contributed by atoms with E-state index in [1.165, 1.54) is 24.9 Å². The lowest BCUT2D eigenvalue weighted by Gasteiger charge is -2.11. The van der Waals surface area contributed by atoms with Crippen LogP contribution in [-0.4, -0.2) is 24.7 Å². The minimum atomic E-state index is -0.313. The lowest BCUT2D eigenvalue weighted by molar-refractivity contribution is -0.116. The Bertz CT molecular complexity index is 743. The van der Waals surface area contributed by atoms with Crippen LogP contribution in [0.5, 0.6) is 11.5 Å². The number of rotatable bonds is 5. The molecule has 2 rings (SSSR count). The van der Waals surface area contributed by atoms with E-state index in [2.05, 4.69) is 21.2 Å². The van der Waals surface area contributed by atoms with Crippen molar-refractivity contribution < 1.29 is 14.3 Å². The van der Waals surface area contributed by atoms with Crippen LogP contribution in [0.3, 0.4) is 0 Å². The molecule has 0 aliphatic heterocycles. The van der Waals surface area contributed by atoms with Gasteiger partial charge in [0.2, 0.25) is 5.91 Å². The maximum absolute atomic E-state index is 12.0. The Hall–Kier alpha value is -2.28. The maximum Gasteiger partial charge on any atom is 0.251 e. The highest BCUT2D eigenvalue weighted by Gasteiger charge is 2.09. The van der Waals surface area contributed by atoms with Crippen molar-refractivity contribution in [3.8, 4) is 11.5 Å². The molecule has 22 heavy (non-hydrogen) atoms. The summed E-state index contributed by atoms with van der Waals surface area (Å²) in [7, 11) is 3.06. The number of hydrogen-bond acceptors (Lipinski definition) is 4. The third-order valence-corrected chi connectivity index (χ3v) is 3.40. The van der Waals surface area contributed by atoms with Gasteiger partial charge in [0.15, 0.2) is 11.5 Å². The Morgan fingerprint density at radius 3 is 2.59 bits per heavy atom. The van der Waals surface area contributed by atoms with E-state index in [4.69, 9.17) is 9.47 Å². The van der Waals surface area contributed by atoms with Gasteiger partial charge in [-0.1, -0.05) is 0 Å². The number of amides is 1. The molecule has 0 fully saturated rings. The highest BCUT2D eigenvalue weighted by atomic mass is 79.9. The first-order chi connectivity index (χ1) is 10.5. The second-order valence-corrected chi connectivity index (χ2v) is 5.35. The zero-order valence-electron chi connectivity index (χ0n) is 12.1. The predicted octanol–water partition coefficient (Wildman–Crippen LogP) is 2.27. The molecule has 0 spiro atoms. The SMILES string of the molecule is COc1ccc(NC(=O)Cn2cc(Br)ccc2=O)cc1OC. The average molecular weight is 367 g/mol. The van der Waals surface area contributed by atoms with Crippen molar-refractivity contribution in [1.82, 2.24) is 4.57 Å². The Labute approximate surface area is 135 Å². The van der Waals surface area contributed by atoms with Gasteiger partial charge >= 0.3 is 0 Å². The minimum Gasteiger partial charge on any atom is -0.493 e. The summed E-state index contributed by atoms with van der Waals surface area (Å²) in [5.41, 5.74) is 0.316. The molecule has 1 aromatic carbocycles. The number of carbonyl (C=O) groups excluding carboxylic acids is 1. The lowest BCUT2D eigenvalue weighted by atomic mass is 10.2. The zero-order chi connectivity index (χ0) is 16.1. The molecule has 0 atom stereocenters. The van der Waals surface area contributed by atoms with Crippen molar-refractivity contribution in [2.75, 3.05) is 19.5 Å². The van der Waals surface area contributed by atoms with E-state index >= 15 is 0 Å². The molecule has 116 valence electrons. The second-order valence-electron chi connectivity index (χ2n) is 4.43. The molecule has 1 amide bonds. The minimum absolute atomic E-state index is 0.0768. The molecule has 6 nitrogen and oxygen atoms in total. The quantitative estimate of drug-likeness (QED) is 0.880. The van der Waals surface area contributed by atoms with Crippen molar-refractivity contribution >= 4 is 27.5 Å². The maximum atomic E-state index is 12.0. The third kappa shape index (κ3) is 3.88. The molecule has 0 bridgehead atoms. The van der Waals surface area contributed by atoms with Gasteiger partial charge in [0.05, 0.1) is 14.2 Å². The number of nitrogens with zero attached hydrogens (tertiary/aromatic N) is 1. The van der Waals surface area contributed by atoms with Gasteiger partial charge < -0.3 is 19.4 Å². The zero-order valence-corrected chi connectivity index (χ0v) is 13.7. The first kappa shape index (κ1) is 16.1. The smallest absolute Gasteiger partial charge is 0.251 e. The summed E-state index contributed by atoms with van der Waals surface area (Å²) in [4.78, 5) is 23.7. The fourth-order valence-electron chi connectivity index (χ4n) is 1.89. The molecule has 2 aromatic rings. The first-order valence-corrected chi connectivity index (χ1v) is 7.20. The van der Waals surface area contributed by atoms with Crippen LogP contribution in [0.2, 0.25) is 0 Å². The number of carbonyl (C=O) groups is 1. The second kappa shape index (κ2) is 7.13. The molecule has 1 aromatic heterocycles. The molecule has 7 heteroatoms. The van der Waals surface area contributed by atoms with Crippen molar-refractivity contribution in [1.29, 1.82) is 0 Å². The van der Waals surface area contributed by atoms with Gasteiger partial charge in [-0.15, -0.1) is 0 Å². The predicted molar refractivity (Wildman–Crippen MR) is 86.6 cm³/mol. The lowest BCUT2D eigenvalue weighted by Crippen LogP contribution is -2.26. The fraction of sp³-hybridized carbons (Fsp3) is 0.200. The van der Waals surface area contributed by atoms with Crippen LogP contribution >= 0.6 is 15.9 Å². The summed E-state index contributed by atoms with van der Waals surface area (Å²) in [6, 6.07) is 8.07. The Kier molecular flexibility index (Phi) is 5.21. The number of nitrogens with one attached hydrogen (secondary N) is 1. The van der Waals surface area contributed by atoms with E-state index in [1.807, 2.05) is 0 Å². The standard InChI is InChI=1S/C15H15BrN2O4/c1-21-12-5-4-11(7-13(12)22-2)17-14(19)9-18-8-10(16)3-6-15(18)20/h3-8H,9H2,1-2H3,(H,17,19). The van der Waals surface area contributed by atoms with E-state index in [0.717, 1.165) is 4.47 Å². The van der Waals surface area contributed by atoms with Gasteiger partial charge in [0.1, 0.15) is 6.54 Å². The summed E-state index contributed by atoms with van der Waals surface area (Å²) < 4.78 is 12.4. The summed E-state index contributed by atoms with van der Waals surface area (Å²) in [5.74, 6) is 0.774. The van der Waals surface area contributed by atoms with E-state index in [1.54, 1.807) is 30.5 Å². The number of hydrogen-bond donors (Lipinski definition) is 1. The molecular formula is C15H15BrN2O4. The fourth-order valence-corrected chi connectivity index (χ4v) is 2.27. The van der Waals surface area contributed by atoms with E-state index in [0.29, 0.717) is 17.2 Å². The number of pyridine rings is 1. The van der Waals surface area contributed by atoms with Crippen molar-refractivity contribution in [2.45, 2.75) is 6.54 Å². The molecule has 1 heterocycles. The van der Waals surface area contributed by atoms with Crippen molar-refractivity contribution in [2.24, 2.45) is 0 Å². The largest absolute Gasteiger partial charge is 0.493 e. The molecule has 0 saturated heterocycles. The van der Waals surface area contributed by atoms with Crippen LogP contribution in [0.25, 0.3) is 0 Å². The van der Waals surface area contributed by atoms with Gasteiger partial charge in [-0.2, -0.15) is 0 Å². The third-order valence-electron chi connectivity index (χ3n) is 2.93. The average Bonchev–Trinajstić information content (AvgIpc) is 2.50. The summed E-state index contributed by atoms with van der Waals surface area (Å²) >= 11 is 3.27. The number of halogens is 1. The van der Waals surface area contributed by atoms with Crippen molar-refractivity contribution in [3.63, 3.8) is 0 Å². The molecule has 0 radical (unpaired) electrons. The summed E-state index contributed by atoms with van der Waals surface area (Å²) in [6.07, 6.45) is 1.57. The van der Waals surface area contributed by atoms with E-state index in [-0.39, 0.29) is 18.0 Å². The first-order valence-electron chi connectivity index (χ1n) is 6.41. The molecule has 0 aliphatic rings. The number of benzene rings is 1. The molecule has 1 N–H and O–H groups in total. The number of methoxy groups -OCH3 is 2. The molecule has 0 saturated carbocycles. The van der Waals surface area contributed by atoms with E-state index < -0.39 is 0 Å². The van der Waals surface area contributed by atoms with Crippen molar-refractivity contribution in [3.05, 3.63) is 51.4 Å². The van der Waals surface area contributed by atoms with Crippen LogP contribution in [0.4, 0.5) is 5.69 Å². The van der Waals surface area contributed by atoms with Gasteiger partial charge in [-0.3, -0.25) is 9.59 Å². The Morgan fingerprint density at radius 2 is 1.91 bits per heavy atom. The van der Waals surface area contributed by atoms with Crippen LogP contribution in [-0.2, 0) is 11.3 Å². The Balaban J connectivity index is 2.12. The van der Waals surface area contributed by atoms with E-state index in [9.17, 15) is 9.59 Å². The topological polar surface area (TPSA) is 69.6 Å². The highest BCUT2D eigenvalue weighted by molar-refractivity contribution is 9.10. The van der Waals surface area contributed by atoms with Gasteiger partial charge in [0.25, 0.3) is 5.56 Å². The van der Waals surface area contributed by atoms with Crippen LogP contribution in [0, 0.1) is 0 Å². The number of ether oxygens (including phenoxy) is 2. The van der Waals surface area contributed by atoms with Crippen LogP contribution < -0.4 is 20.3 Å². The van der Waals surface area contributed by atoms with Crippen LogP contribution in [0.15, 0.2) is 45.8 Å². The Morgan fingerprint density at radius 1 is 1.18 bits per heavy atom. The number of anilines is 1. The van der Waals surface area contributed by atoms with Gasteiger partial charge in [-0.25, -0.2) is 0 Å². The highest BCUT2D eigenvalue weighted by Crippen LogP contribution is 2.29. The summed E-state index contributed by atoms with van der Waals surface area (Å²) in [6.45, 7) is -0.0768. The van der Waals surface area contributed by atoms with Gasteiger partial charge in [-0.05, 0) is 34.1 Å². The molecular weight excluding hydrogens is 352 g/mol. The monoisotopic (exact) mass is 366 g/mol. The number of aromatic nitrogens is 1. The summed E-state index contributed by atoms with van der Waals surface area (Å²) in [5, 5.41) is 2.71. The normalized spacial score (nSPS) is 10.1. The van der Waals surface area contributed by atoms with Crippen LogP contribution in [0.1, 0.15) is 0 Å². The van der Waals surface area contributed by atoms with Gasteiger partial charge in [0, 0.05) is 28.5 Å². The molecule has 0 aliphatic carbocycles.